The minimum atomic E-state index is -0.903. The van der Waals surface area contributed by atoms with Gasteiger partial charge in [0.25, 0.3) is 0 Å². The normalized spacial score (nSPS) is 19.3. The number of methoxy groups -OCH3 is 2. The molecular weight excluding hydrogens is 148 g/mol. The number of hydrogen-bond donors (Lipinski definition) is 1. The Morgan fingerprint density at radius 3 is 2.09 bits per heavy atom. The van der Waals surface area contributed by atoms with Crippen LogP contribution >= 0.6 is 0 Å². The Kier molecular flexibility index (Phi) is 5.06. The maximum absolute atomic E-state index is 7.00. The van der Waals surface area contributed by atoms with Crippen LogP contribution in [0, 0.1) is 0 Å². The molecule has 0 spiro atoms. The lowest BCUT2D eigenvalue weighted by atomic mass is 10.5. The van der Waals surface area contributed by atoms with E-state index in [9.17, 15) is 0 Å². The Hall–Kier alpha value is -0.420. The van der Waals surface area contributed by atoms with Gasteiger partial charge in [0.15, 0.2) is 0 Å². The molecular formula is C7H14O4. The highest BCUT2D eigenvalue weighted by Gasteiger charge is 2.30. The van der Waals surface area contributed by atoms with E-state index in [2.05, 4.69) is 0 Å². The Labute approximate surface area is 66.4 Å². The Morgan fingerprint density at radius 2 is 1.91 bits per heavy atom. The average Bonchev–Trinajstić information content (AvgIpc) is 2.57. The lowest BCUT2D eigenvalue weighted by Gasteiger charge is -2.21. The van der Waals surface area contributed by atoms with Crippen LogP contribution in [0.15, 0.2) is 12.2 Å². The Balaban J connectivity index is 0.000000461. The van der Waals surface area contributed by atoms with E-state index in [0.717, 1.165) is 7.11 Å². The molecule has 0 saturated carbocycles. The second-order valence-corrected chi connectivity index (χ2v) is 1.73. The molecule has 4 nitrogen and oxygen atoms in total. The van der Waals surface area contributed by atoms with E-state index >= 15 is 0 Å². The van der Waals surface area contributed by atoms with Crippen molar-refractivity contribution in [2.75, 3.05) is 27.9 Å². The smallest absolute Gasteiger partial charge is 0.304 e. The highest BCUT2D eigenvalue weighted by Crippen LogP contribution is 2.19. The third-order valence-corrected chi connectivity index (χ3v) is 1.27. The topological polar surface area (TPSA) is 47.9 Å². The number of aliphatic hydroxyl groups is 1. The summed E-state index contributed by atoms with van der Waals surface area (Å²) in [5.74, 6) is -0.903. The molecule has 0 aliphatic carbocycles. The number of ether oxygens (including phenoxy) is 3. The lowest BCUT2D eigenvalue weighted by molar-refractivity contribution is -0.317. The zero-order valence-electron chi connectivity index (χ0n) is 7.03. The van der Waals surface area contributed by atoms with Gasteiger partial charge in [0.1, 0.15) is 0 Å². The van der Waals surface area contributed by atoms with Crippen molar-refractivity contribution in [3.05, 3.63) is 12.2 Å². The van der Waals surface area contributed by atoms with E-state index < -0.39 is 5.97 Å². The molecule has 11 heavy (non-hydrogen) atoms. The maximum atomic E-state index is 7.00. The van der Waals surface area contributed by atoms with Gasteiger partial charge in [0.05, 0.1) is 6.61 Å². The molecule has 0 bridgehead atoms. The standard InChI is InChI=1S/C6H10O3.CH4O/c1-7-6(8-2)4-3-5-9-6;1-2/h3-4H,5H2,1-2H3;2H,1H3. The highest BCUT2D eigenvalue weighted by molar-refractivity contribution is 4.96. The summed E-state index contributed by atoms with van der Waals surface area (Å²) in [4.78, 5) is 0. The van der Waals surface area contributed by atoms with Gasteiger partial charge in [-0.05, 0) is 0 Å². The van der Waals surface area contributed by atoms with Crippen molar-refractivity contribution < 1.29 is 19.3 Å². The van der Waals surface area contributed by atoms with Crippen LogP contribution in [-0.2, 0) is 14.2 Å². The fourth-order valence-electron chi connectivity index (χ4n) is 0.742. The SMILES string of the molecule is CO.COC1(OC)C=CCO1. The summed E-state index contributed by atoms with van der Waals surface area (Å²) in [5.41, 5.74) is 0. The summed E-state index contributed by atoms with van der Waals surface area (Å²) >= 11 is 0. The fraction of sp³-hybridized carbons (Fsp3) is 0.714. The van der Waals surface area contributed by atoms with Crippen LogP contribution in [0.25, 0.3) is 0 Å². The van der Waals surface area contributed by atoms with Crippen LogP contribution in [0.3, 0.4) is 0 Å². The second-order valence-electron chi connectivity index (χ2n) is 1.73. The molecule has 0 atom stereocenters. The lowest BCUT2D eigenvalue weighted by Crippen LogP contribution is -2.31. The van der Waals surface area contributed by atoms with E-state index in [1.54, 1.807) is 20.3 Å². The van der Waals surface area contributed by atoms with E-state index in [0.29, 0.717) is 6.61 Å². The summed E-state index contributed by atoms with van der Waals surface area (Å²) in [6, 6.07) is 0. The molecule has 1 rings (SSSR count). The van der Waals surface area contributed by atoms with Gasteiger partial charge in [-0.25, -0.2) is 0 Å². The number of hydrogen-bond acceptors (Lipinski definition) is 4. The predicted molar refractivity (Wildman–Crippen MR) is 40.0 cm³/mol. The zero-order valence-corrected chi connectivity index (χ0v) is 7.03. The van der Waals surface area contributed by atoms with Gasteiger partial charge in [-0.1, -0.05) is 6.08 Å². The first kappa shape index (κ1) is 10.6. The van der Waals surface area contributed by atoms with Gasteiger partial charge in [-0.2, -0.15) is 0 Å². The fourth-order valence-corrected chi connectivity index (χ4v) is 0.742. The van der Waals surface area contributed by atoms with Crippen molar-refractivity contribution in [3.63, 3.8) is 0 Å². The van der Waals surface area contributed by atoms with Crippen LogP contribution < -0.4 is 0 Å². The molecule has 1 aliphatic rings. The number of aliphatic hydroxyl groups excluding tert-OH is 1. The van der Waals surface area contributed by atoms with Crippen LogP contribution in [0.4, 0.5) is 0 Å². The highest BCUT2D eigenvalue weighted by atomic mass is 16.9. The Bertz CT molecular complexity index is 118. The van der Waals surface area contributed by atoms with Crippen LogP contribution in [0.1, 0.15) is 0 Å². The molecule has 1 heterocycles. The van der Waals surface area contributed by atoms with Gasteiger partial charge in [-0.15, -0.1) is 0 Å². The van der Waals surface area contributed by atoms with Gasteiger partial charge in [0, 0.05) is 27.4 Å². The number of rotatable bonds is 2. The quantitative estimate of drug-likeness (QED) is 0.463. The van der Waals surface area contributed by atoms with Gasteiger partial charge < -0.3 is 19.3 Å². The monoisotopic (exact) mass is 162 g/mol. The molecule has 1 aliphatic heterocycles. The van der Waals surface area contributed by atoms with E-state index in [1.807, 2.05) is 6.08 Å². The van der Waals surface area contributed by atoms with E-state index in [-0.39, 0.29) is 0 Å². The minimum absolute atomic E-state index is 0.557. The second kappa shape index (κ2) is 5.26. The third-order valence-electron chi connectivity index (χ3n) is 1.27. The first-order valence-electron chi connectivity index (χ1n) is 3.20. The van der Waals surface area contributed by atoms with E-state index in [1.165, 1.54) is 0 Å². The van der Waals surface area contributed by atoms with Crippen molar-refractivity contribution in [2.45, 2.75) is 5.97 Å². The minimum Gasteiger partial charge on any atom is -0.400 e. The molecule has 0 saturated heterocycles. The van der Waals surface area contributed by atoms with E-state index in [4.69, 9.17) is 19.3 Å². The zero-order chi connectivity index (χ0) is 8.74. The first-order chi connectivity index (χ1) is 5.33. The molecule has 4 heteroatoms. The van der Waals surface area contributed by atoms with Crippen molar-refractivity contribution >= 4 is 0 Å². The molecule has 0 aromatic rings. The molecule has 0 amide bonds. The first-order valence-corrected chi connectivity index (χ1v) is 3.20. The van der Waals surface area contributed by atoms with Crippen molar-refractivity contribution in [1.29, 1.82) is 0 Å². The van der Waals surface area contributed by atoms with Crippen molar-refractivity contribution in [2.24, 2.45) is 0 Å². The van der Waals surface area contributed by atoms with Crippen molar-refractivity contribution in [1.82, 2.24) is 0 Å². The third kappa shape index (κ3) is 2.59. The van der Waals surface area contributed by atoms with Gasteiger partial charge in [0.2, 0.25) is 0 Å². The summed E-state index contributed by atoms with van der Waals surface area (Å²) < 4.78 is 14.9. The summed E-state index contributed by atoms with van der Waals surface area (Å²) in [6.07, 6.45) is 3.60. The van der Waals surface area contributed by atoms with Gasteiger partial charge in [-0.3, -0.25) is 0 Å². The summed E-state index contributed by atoms with van der Waals surface area (Å²) in [7, 11) is 4.08. The maximum Gasteiger partial charge on any atom is 0.304 e. The predicted octanol–water partition coefficient (Wildman–Crippen LogP) is 0.128. The summed E-state index contributed by atoms with van der Waals surface area (Å²) in [6.45, 7) is 0.557. The molecule has 1 N–H and O–H groups in total. The van der Waals surface area contributed by atoms with Crippen LogP contribution in [0.5, 0.6) is 0 Å². The Morgan fingerprint density at radius 1 is 1.36 bits per heavy atom. The molecule has 0 aromatic carbocycles. The molecule has 0 radical (unpaired) electrons. The molecule has 0 unspecified atom stereocenters. The van der Waals surface area contributed by atoms with Gasteiger partial charge >= 0.3 is 5.97 Å². The van der Waals surface area contributed by atoms with Crippen LogP contribution in [0.2, 0.25) is 0 Å². The molecule has 66 valence electrons. The molecule has 0 aromatic heterocycles. The summed E-state index contributed by atoms with van der Waals surface area (Å²) in [5, 5.41) is 7.00. The molecule has 0 fully saturated rings. The average molecular weight is 162 g/mol. The van der Waals surface area contributed by atoms with Crippen molar-refractivity contribution in [3.8, 4) is 0 Å². The largest absolute Gasteiger partial charge is 0.400 e. The van der Waals surface area contributed by atoms with Crippen LogP contribution in [-0.4, -0.2) is 39.0 Å².